The molecule has 1 fully saturated rings. The second kappa shape index (κ2) is 5.22. The number of anilines is 1. The highest BCUT2D eigenvalue weighted by Crippen LogP contribution is 2.29. The number of hydrogen-bond donors (Lipinski definition) is 3. The molecule has 0 amide bonds. The van der Waals surface area contributed by atoms with E-state index in [-0.39, 0.29) is 24.0 Å². The molecule has 0 radical (unpaired) electrons. The first kappa shape index (κ1) is 12.6. The minimum Gasteiger partial charge on any atom is -0.409 e. The Balaban J connectivity index is 2.47. The van der Waals surface area contributed by atoms with Crippen LogP contribution in [0.3, 0.4) is 0 Å². The highest BCUT2D eigenvalue weighted by molar-refractivity contribution is 6.02. The van der Waals surface area contributed by atoms with Gasteiger partial charge in [0.1, 0.15) is 5.82 Å². The van der Waals surface area contributed by atoms with Crippen LogP contribution >= 0.6 is 0 Å². The third-order valence-corrected chi connectivity index (χ3v) is 3.25. The summed E-state index contributed by atoms with van der Waals surface area (Å²) in [5.41, 5.74) is 6.16. The molecule has 18 heavy (non-hydrogen) atoms. The maximum absolute atomic E-state index is 13.8. The van der Waals surface area contributed by atoms with Crippen LogP contribution in [0.5, 0.6) is 0 Å². The van der Waals surface area contributed by atoms with Crippen LogP contribution in [0.25, 0.3) is 0 Å². The molecule has 2 rings (SSSR count). The normalized spacial score (nSPS) is 20.4. The summed E-state index contributed by atoms with van der Waals surface area (Å²) in [4.78, 5) is 1.90. The molecule has 0 spiro atoms. The fraction of sp³-hybridized carbons (Fsp3) is 0.417. The second-order valence-electron chi connectivity index (χ2n) is 4.29. The topological polar surface area (TPSA) is 82.1 Å². The number of aliphatic hydroxyl groups is 1. The number of nitrogens with zero attached hydrogens (tertiary/aromatic N) is 2. The highest BCUT2D eigenvalue weighted by Gasteiger charge is 2.27. The Labute approximate surface area is 104 Å². The van der Waals surface area contributed by atoms with E-state index in [9.17, 15) is 9.50 Å². The summed E-state index contributed by atoms with van der Waals surface area (Å²) in [7, 11) is 0. The van der Waals surface area contributed by atoms with Crippen molar-refractivity contribution in [3.05, 3.63) is 29.6 Å². The van der Waals surface area contributed by atoms with Crippen molar-refractivity contribution in [2.45, 2.75) is 18.9 Å². The molecule has 0 aliphatic carbocycles. The van der Waals surface area contributed by atoms with Gasteiger partial charge in [-0.3, -0.25) is 0 Å². The number of nitrogens with two attached hydrogens (primary N) is 1. The smallest absolute Gasteiger partial charge is 0.175 e. The summed E-state index contributed by atoms with van der Waals surface area (Å²) in [5.74, 6) is -0.793. The lowest BCUT2D eigenvalue weighted by atomic mass is 10.1. The Morgan fingerprint density at radius 3 is 3.00 bits per heavy atom. The summed E-state index contributed by atoms with van der Waals surface area (Å²) in [6.07, 6.45) is 1.78. The number of aliphatic hydroxyl groups excluding tert-OH is 1. The maximum atomic E-state index is 13.8. The molecule has 1 aromatic rings. The zero-order valence-electron chi connectivity index (χ0n) is 9.88. The maximum Gasteiger partial charge on any atom is 0.175 e. The molecule has 6 heteroatoms. The number of halogens is 1. The molecule has 1 aromatic carbocycles. The molecule has 1 heterocycles. The van der Waals surface area contributed by atoms with Gasteiger partial charge in [-0.1, -0.05) is 11.2 Å². The largest absolute Gasteiger partial charge is 0.409 e. The van der Waals surface area contributed by atoms with Crippen molar-refractivity contribution in [2.24, 2.45) is 10.9 Å². The summed E-state index contributed by atoms with van der Waals surface area (Å²) < 4.78 is 13.8. The second-order valence-corrected chi connectivity index (χ2v) is 4.29. The van der Waals surface area contributed by atoms with Crippen molar-refractivity contribution in [3.8, 4) is 0 Å². The standard InChI is InChI=1S/C12H16FN3O2/c13-9-4-1-5-10(11(9)12(14)15-18)16-6-2-3-8(16)7-17/h1,4-5,8,17-18H,2-3,6-7H2,(H2,14,15). The Kier molecular flexibility index (Phi) is 3.66. The molecule has 5 nitrogen and oxygen atoms in total. The van der Waals surface area contributed by atoms with E-state index in [4.69, 9.17) is 10.9 Å². The van der Waals surface area contributed by atoms with Crippen molar-refractivity contribution < 1.29 is 14.7 Å². The average Bonchev–Trinajstić information content (AvgIpc) is 2.85. The van der Waals surface area contributed by atoms with E-state index in [1.165, 1.54) is 6.07 Å². The van der Waals surface area contributed by atoms with E-state index < -0.39 is 5.82 Å². The first-order valence-electron chi connectivity index (χ1n) is 5.83. The van der Waals surface area contributed by atoms with Gasteiger partial charge < -0.3 is 20.9 Å². The molecule has 1 aliphatic rings. The van der Waals surface area contributed by atoms with Gasteiger partial charge in [0.2, 0.25) is 0 Å². The summed E-state index contributed by atoms with van der Waals surface area (Å²) in [6, 6.07) is 4.51. The molecule has 1 saturated heterocycles. The third-order valence-electron chi connectivity index (χ3n) is 3.25. The van der Waals surface area contributed by atoms with Gasteiger partial charge in [-0.2, -0.15) is 0 Å². The van der Waals surface area contributed by atoms with Crippen molar-refractivity contribution >= 4 is 11.5 Å². The predicted molar refractivity (Wildman–Crippen MR) is 66.4 cm³/mol. The monoisotopic (exact) mass is 253 g/mol. The van der Waals surface area contributed by atoms with Crippen LogP contribution < -0.4 is 10.6 Å². The summed E-state index contributed by atoms with van der Waals surface area (Å²) >= 11 is 0. The molecule has 1 aliphatic heterocycles. The molecular formula is C12H16FN3O2. The van der Waals surface area contributed by atoms with Gasteiger partial charge in [0.05, 0.1) is 23.9 Å². The molecular weight excluding hydrogens is 237 g/mol. The number of amidine groups is 1. The lowest BCUT2D eigenvalue weighted by molar-refractivity contribution is 0.266. The zero-order chi connectivity index (χ0) is 13.1. The Morgan fingerprint density at radius 2 is 2.33 bits per heavy atom. The third kappa shape index (κ3) is 2.11. The molecule has 1 unspecified atom stereocenters. The van der Waals surface area contributed by atoms with E-state index in [0.29, 0.717) is 5.69 Å². The molecule has 1 atom stereocenters. The lowest BCUT2D eigenvalue weighted by Crippen LogP contribution is -2.34. The van der Waals surface area contributed by atoms with Gasteiger partial charge >= 0.3 is 0 Å². The molecule has 0 aromatic heterocycles. The van der Waals surface area contributed by atoms with Crippen molar-refractivity contribution in [3.63, 3.8) is 0 Å². The van der Waals surface area contributed by atoms with E-state index in [1.54, 1.807) is 12.1 Å². The number of hydrogen-bond acceptors (Lipinski definition) is 4. The van der Waals surface area contributed by atoms with Crippen LogP contribution in [-0.4, -0.2) is 35.3 Å². The molecule has 0 saturated carbocycles. The minimum atomic E-state index is -0.536. The Bertz CT molecular complexity index is 465. The lowest BCUT2D eigenvalue weighted by Gasteiger charge is -2.27. The highest BCUT2D eigenvalue weighted by atomic mass is 19.1. The van der Waals surface area contributed by atoms with Crippen LogP contribution in [0.4, 0.5) is 10.1 Å². The Morgan fingerprint density at radius 1 is 1.56 bits per heavy atom. The number of rotatable bonds is 3. The first-order chi connectivity index (χ1) is 8.69. The Hall–Kier alpha value is -1.82. The van der Waals surface area contributed by atoms with Gasteiger partial charge in [0.15, 0.2) is 5.84 Å². The quantitative estimate of drug-likeness (QED) is 0.323. The van der Waals surface area contributed by atoms with E-state index in [1.807, 2.05) is 4.90 Å². The fourth-order valence-electron chi connectivity index (χ4n) is 2.40. The fourth-order valence-corrected chi connectivity index (χ4v) is 2.40. The van der Waals surface area contributed by atoms with Gasteiger partial charge in [0, 0.05) is 6.54 Å². The van der Waals surface area contributed by atoms with Crippen molar-refractivity contribution in [1.82, 2.24) is 0 Å². The van der Waals surface area contributed by atoms with E-state index in [0.717, 1.165) is 19.4 Å². The van der Waals surface area contributed by atoms with Crippen molar-refractivity contribution in [2.75, 3.05) is 18.1 Å². The predicted octanol–water partition coefficient (Wildman–Crippen LogP) is 0.881. The minimum absolute atomic E-state index is 0.00608. The van der Waals surface area contributed by atoms with Crippen molar-refractivity contribution in [1.29, 1.82) is 0 Å². The van der Waals surface area contributed by atoms with Gasteiger partial charge in [-0.05, 0) is 25.0 Å². The molecule has 4 N–H and O–H groups in total. The van der Waals surface area contributed by atoms with Gasteiger partial charge in [-0.25, -0.2) is 4.39 Å². The molecule has 0 bridgehead atoms. The van der Waals surface area contributed by atoms with Crippen LogP contribution in [0.15, 0.2) is 23.4 Å². The van der Waals surface area contributed by atoms with E-state index in [2.05, 4.69) is 5.16 Å². The van der Waals surface area contributed by atoms with Gasteiger partial charge in [0.25, 0.3) is 0 Å². The van der Waals surface area contributed by atoms with E-state index >= 15 is 0 Å². The van der Waals surface area contributed by atoms with Crippen LogP contribution in [0.1, 0.15) is 18.4 Å². The molecule has 98 valence electrons. The average molecular weight is 253 g/mol. The van der Waals surface area contributed by atoms with Crippen LogP contribution in [0.2, 0.25) is 0 Å². The van der Waals surface area contributed by atoms with Crippen LogP contribution in [-0.2, 0) is 0 Å². The summed E-state index contributed by atoms with van der Waals surface area (Å²) in [6.45, 7) is 0.729. The number of oxime groups is 1. The van der Waals surface area contributed by atoms with Gasteiger partial charge in [-0.15, -0.1) is 0 Å². The van der Waals surface area contributed by atoms with Crippen LogP contribution in [0, 0.1) is 5.82 Å². The SMILES string of the molecule is N/C(=N/O)c1c(F)cccc1N1CCCC1CO. The zero-order valence-corrected chi connectivity index (χ0v) is 9.88. The summed E-state index contributed by atoms with van der Waals surface area (Å²) in [5, 5.41) is 20.9. The first-order valence-corrected chi connectivity index (χ1v) is 5.83. The number of benzene rings is 1.